The van der Waals surface area contributed by atoms with E-state index in [0.29, 0.717) is 11.3 Å². The second kappa shape index (κ2) is 11.8. The standard InChI is InChI=1S/C31H29FN6O2/c1-3-4-8-20-9-5-6-10-23(20)30(39)37-25-12-7-11-24(27(25)32)26-19-38(2)31(40)29(36-26)35-22-15-13-21(14-16-22)28-33-17-18-34-28/h5-7,9-19H,3-4,8H2,1-2H3,(H,33,34)(H,35,36)(H,37,39). The van der Waals surface area contributed by atoms with E-state index in [-0.39, 0.29) is 34.2 Å². The third-order valence-corrected chi connectivity index (χ3v) is 6.57. The van der Waals surface area contributed by atoms with Gasteiger partial charge in [-0.15, -0.1) is 0 Å². The Bertz CT molecular complexity index is 1690. The summed E-state index contributed by atoms with van der Waals surface area (Å²) in [6, 6.07) is 19.4. The van der Waals surface area contributed by atoms with E-state index in [1.807, 2.05) is 24.3 Å². The summed E-state index contributed by atoms with van der Waals surface area (Å²) in [5.74, 6) is -0.239. The molecule has 2 aromatic heterocycles. The van der Waals surface area contributed by atoms with Crippen LogP contribution in [-0.4, -0.2) is 25.4 Å². The van der Waals surface area contributed by atoms with E-state index >= 15 is 4.39 Å². The number of rotatable bonds is 9. The van der Waals surface area contributed by atoms with Gasteiger partial charge in [-0.1, -0.05) is 37.6 Å². The number of H-pyrrole nitrogens is 1. The third kappa shape index (κ3) is 5.68. The first-order valence-corrected chi connectivity index (χ1v) is 13.1. The number of unbranched alkanes of at least 4 members (excludes halogenated alkanes) is 1. The first-order chi connectivity index (χ1) is 19.4. The number of nitrogens with one attached hydrogen (secondary N) is 3. The molecule has 0 spiro atoms. The maximum absolute atomic E-state index is 15.7. The summed E-state index contributed by atoms with van der Waals surface area (Å²) in [5, 5.41) is 5.76. The zero-order valence-electron chi connectivity index (χ0n) is 22.2. The summed E-state index contributed by atoms with van der Waals surface area (Å²) in [5.41, 5.74) is 3.03. The maximum Gasteiger partial charge on any atom is 0.293 e. The van der Waals surface area contributed by atoms with Crippen LogP contribution in [0.5, 0.6) is 0 Å². The van der Waals surface area contributed by atoms with E-state index in [4.69, 9.17) is 0 Å². The van der Waals surface area contributed by atoms with Crippen molar-refractivity contribution in [1.82, 2.24) is 19.5 Å². The van der Waals surface area contributed by atoms with E-state index in [9.17, 15) is 9.59 Å². The number of aromatic amines is 1. The highest BCUT2D eigenvalue weighted by Crippen LogP contribution is 2.28. The Kier molecular flexibility index (Phi) is 7.82. The Balaban J connectivity index is 1.41. The van der Waals surface area contributed by atoms with Gasteiger partial charge in [-0.2, -0.15) is 0 Å². The summed E-state index contributed by atoms with van der Waals surface area (Å²) < 4.78 is 17.1. The Morgan fingerprint density at radius 2 is 1.85 bits per heavy atom. The van der Waals surface area contributed by atoms with Gasteiger partial charge in [-0.25, -0.2) is 14.4 Å². The second-order valence-corrected chi connectivity index (χ2v) is 9.41. The number of aryl methyl sites for hydroxylation is 2. The number of amides is 1. The molecule has 5 aromatic rings. The van der Waals surface area contributed by atoms with E-state index in [0.717, 1.165) is 36.2 Å². The van der Waals surface area contributed by atoms with Crippen molar-refractivity contribution >= 4 is 23.1 Å². The van der Waals surface area contributed by atoms with Gasteiger partial charge in [0.05, 0.1) is 11.4 Å². The molecule has 3 aromatic carbocycles. The number of aromatic nitrogens is 4. The van der Waals surface area contributed by atoms with Crippen LogP contribution in [0.1, 0.15) is 35.7 Å². The molecule has 5 rings (SSSR count). The van der Waals surface area contributed by atoms with E-state index in [2.05, 4.69) is 32.5 Å². The predicted octanol–water partition coefficient (Wildman–Crippen LogP) is 6.32. The number of halogens is 1. The molecule has 0 aliphatic heterocycles. The number of carbonyl (C=O) groups is 1. The summed E-state index contributed by atoms with van der Waals surface area (Å²) in [6.07, 6.45) is 7.62. The van der Waals surface area contributed by atoms with Gasteiger partial charge < -0.3 is 20.2 Å². The van der Waals surface area contributed by atoms with Gasteiger partial charge in [0.25, 0.3) is 11.5 Å². The molecule has 3 N–H and O–H groups in total. The van der Waals surface area contributed by atoms with Gasteiger partial charge in [0.1, 0.15) is 5.82 Å². The molecule has 0 unspecified atom stereocenters. The van der Waals surface area contributed by atoms with Crippen LogP contribution in [0.3, 0.4) is 0 Å². The van der Waals surface area contributed by atoms with Gasteiger partial charge >= 0.3 is 0 Å². The van der Waals surface area contributed by atoms with Crippen molar-refractivity contribution in [1.29, 1.82) is 0 Å². The Labute approximate surface area is 231 Å². The zero-order chi connectivity index (χ0) is 28.1. The topological polar surface area (TPSA) is 105 Å². The molecule has 0 fully saturated rings. The monoisotopic (exact) mass is 536 g/mol. The van der Waals surface area contributed by atoms with Gasteiger partial charge in [0, 0.05) is 48.0 Å². The molecule has 9 heteroatoms. The van der Waals surface area contributed by atoms with Crippen molar-refractivity contribution < 1.29 is 9.18 Å². The molecule has 1 amide bonds. The highest BCUT2D eigenvalue weighted by Gasteiger charge is 2.18. The summed E-state index contributed by atoms with van der Waals surface area (Å²) in [6.45, 7) is 2.09. The van der Waals surface area contributed by atoms with Crippen LogP contribution in [0.4, 0.5) is 21.6 Å². The first kappa shape index (κ1) is 26.6. The minimum atomic E-state index is -0.637. The lowest BCUT2D eigenvalue weighted by Crippen LogP contribution is -2.21. The van der Waals surface area contributed by atoms with Crippen LogP contribution in [0.25, 0.3) is 22.6 Å². The van der Waals surface area contributed by atoms with Crippen LogP contribution in [-0.2, 0) is 13.5 Å². The molecule has 202 valence electrons. The predicted molar refractivity (Wildman–Crippen MR) is 155 cm³/mol. The number of anilines is 3. The number of imidazole rings is 1. The van der Waals surface area contributed by atoms with Crippen LogP contribution in [0.15, 0.2) is 90.1 Å². The number of benzene rings is 3. The molecule has 0 aliphatic rings. The Morgan fingerprint density at radius 1 is 1.05 bits per heavy atom. The van der Waals surface area contributed by atoms with Gasteiger partial charge in [0.15, 0.2) is 11.6 Å². The van der Waals surface area contributed by atoms with Crippen LogP contribution in [0.2, 0.25) is 0 Å². The van der Waals surface area contributed by atoms with Gasteiger partial charge in [0.2, 0.25) is 0 Å². The first-order valence-electron chi connectivity index (χ1n) is 13.1. The number of hydrogen-bond acceptors (Lipinski definition) is 5. The smallest absolute Gasteiger partial charge is 0.293 e. The highest BCUT2D eigenvalue weighted by molar-refractivity contribution is 6.05. The Morgan fingerprint density at radius 3 is 2.60 bits per heavy atom. The minimum Gasteiger partial charge on any atom is -0.345 e. The van der Waals surface area contributed by atoms with Crippen LogP contribution in [0, 0.1) is 5.82 Å². The van der Waals surface area contributed by atoms with Crippen molar-refractivity contribution in [3.8, 4) is 22.6 Å². The molecule has 2 heterocycles. The SMILES string of the molecule is CCCCc1ccccc1C(=O)Nc1cccc(-c2cn(C)c(=O)c(Nc3ccc(-c4ncc[nH]4)cc3)n2)c1F. The lowest BCUT2D eigenvalue weighted by atomic mass is 10.0. The van der Waals surface area contributed by atoms with Crippen molar-refractivity contribution in [2.24, 2.45) is 7.05 Å². The Hall–Kier alpha value is -5.05. The van der Waals surface area contributed by atoms with Crippen LogP contribution >= 0.6 is 0 Å². The van der Waals surface area contributed by atoms with Crippen LogP contribution < -0.4 is 16.2 Å². The highest BCUT2D eigenvalue weighted by atomic mass is 19.1. The van der Waals surface area contributed by atoms with Crippen molar-refractivity contribution in [3.63, 3.8) is 0 Å². The molecular formula is C31H29FN6O2. The largest absolute Gasteiger partial charge is 0.345 e. The normalized spacial score (nSPS) is 10.9. The summed E-state index contributed by atoms with van der Waals surface area (Å²) >= 11 is 0. The second-order valence-electron chi connectivity index (χ2n) is 9.41. The summed E-state index contributed by atoms with van der Waals surface area (Å²) in [7, 11) is 1.58. The molecule has 0 radical (unpaired) electrons. The average molecular weight is 537 g/mol. The molecular weight excluding hydrogens is 507 g/mol. The lowest BCUT2D eigenvalue weighted by molar-refractivity contribution is 0.102. The maximum atomic E-state index is 15.7. The van der Waals surface area contributed by atoms with E-state index in [1.165, 1.54) is 16.8 Å². The number of hydrogen-bond donors (Lipinski definition) is 3. The molecule has 8 nitrogen and oxygen atoms in total. The third-order valence-electron chi connectivity index (χ3n) is 6.57. The molecule has 0 aliphatic carbocycles. The van der Waals surface area contributed by atoms with Crippen molar-refractivity contribution in [2.45, 2.75) is 26.2 Å². The number of nitrogens with zero attached hydrogens (tertiary/aromatic N) is 3. The molecule has 0 atom stereocenters. The fourth-order valence-electron chi connectivity index (χ4n) is 4.43. The van der Waals surface area contributed by atoms with Gasteiger partial charge in [-0.3, -0.25) is 9.59 Å². The molecule has 0 saturated carbocycles. The van der Waals surface area contributed by atoms with Crippen molar-refractivity contribution in [3.05, 3.63) is 113 Å². The molecule has 40 heavy (non-hydrogen) atoms. The van der Waals surface area contributed by atoms with Crippen molar-refractivity contribution in [2.75, 3.05) is 10.6 Å². The zero-order valence-corrected chi connectivity index (χ0v) is 22.2. The lowest BCUT2D eigenvalue weighted by Gasteiger charge is -2.14. The molecule has 0 saturated heterocycles. The fourth-order valence-corrected chi connectivity index (χ4v) is 4.43. The van der Waals surface area contributed by atoms with E-state index < -0.39 is 5.82 Å². The van der Waals surface area contributed by atoms with Gasteiger partial charge in [-0.05, 0) is 60.9 Å². The van der Waals surface area contributed by atoms with E-state index in [1.54, 1.807) is 55.8 Å². The quantitative estimate of drug-likeness (QED) is 0.205. The summed E-state index contributed by atoms with van der Waals surface area (Å²) in [4.78, 5) is 37.7. The minimum absolute atomic E-state index is 0.0338. The average Bonchev–Trinajstić information content (AvgIpc) is 3.51. The molecule has 0 bridgehead atoms. The fraction of sp³-hybridized carbons (Fsp3) is 0.161. The number of carbonyl (C=O) groups excluding carboxylic acids is 1.